The minimum atomic E-state index is 0.148. The van der Waals surface area contributed by atoms with Gasteiger partial charge in [-0.1, -0.05) is 0 Å². The first-order chi connectivity index (χ1) is 5.81. The minimum absolute atomic E-state index is 0.148. The van der Waals surface area contributed by atoms with E-state index in [0.717, 1.165) is 16.9 Å². The molecule has 1 saturated carbocycles. The Morgan fingerprint density at radius 1 is 1.58 bits per heavy atom. The van der Waals surface area contributed by atoms with Gasteiger partial charge in [-0.2, -0.15) is 0 Å². The second-order valence-electron chi connectivity index (χ2n) is 3.78. The Balaban J connectivity index is 1.93. The number of piperidine rings is 1. The fourth-order valence-electron chi connectivity index (χ4n) is 2.42. The van der Waals surface area contributed by atoms with Gasteiger partial charge in [0.25, 0.3) is 0 Å². The summed E-state index contributed by atoms with van der Waals surface area (Å²) < 4.78 is 0.863. The molecule has 2 unspecified atom stereocenters. The molecule has 1 amide bonds. The van der Waals surface area contributed by atoms with Crippen LogP contribution in [0, 0.1) is 5.92 Å². The molecule has 3 heteroatoms. The monoisotopic (exact) mass is 280 g/mol. The topological polar surface area (TPSA) is 20.3 Å². The van der Waals surface area contributed by atoms with E-state index in [1.807, 2.05) is 0 Å². The van der Waals surface area contributed by atoms with Gasteiger partial charge in [0.15, 0.2) is 0 Å². The number of rotatable bonds is 2. The van der Waals surface area contributed by atoms with E-state index >= 15 is 0 Å². The number of carbonyl (C=O) groups excluding carboxylic acids is 1. The van der Waals surface area contributed by atoms with E-state index in [0.29, 0.717) is 11.9 Å². The van der Waals surface area contributed by atoms with Crippen molar-refractivity contribution in [1.29, 1.82) is 0 Å². The van der Waals surface area contributed by atoms with Crippen molar-refractivity contribution in [3.05, 3.63) is 0 Å². The summed E-state index contributed by atoms with van der Waals surface area (Å²) in [5, 5.41) is 0. The van der Waals surface area contributed by atoms with Crippen molar-refractivity contribution in [2.24, 2.45) is 5.92 Å². The first-order valence-corrected chi connectivity index (χ1v) is 8.23. The molecule has 0 radical (unpaired) electrons. The van der Waals surface area contributed by atoms with E-state index in [4.69, 9.17) is 0 Å². The molecular weight excluding hydrogens is 265 g/mol. The maximum absolute atomic E-state index is 11.6. The fourth-order valence-corrected chi connectivity index (χ4v) is 3.51. The predicted octanol–water partition coefficient (Wildman–Crippen LogP) is -2.28. The molecule has 0 spiro atoms. The van der Waals surface area contributed by atoms with E-state index in [1.165, 1.54) is 19.3 Å². The predicted molar refractivity (Wildman–Crippen MR) is 43.6 cm³/mol. The Morgan fingerprint density at radius 3 is 2.92 bits per heavy atom. The van der Waals surface area contributed by atoms with E-state index < -0.39 is 0 Å². The molecule has 1 heterocycles. The summed E-state index contributed by atoms with van der Waals surface area (Å²) in [7, 11) is 0. The number of hydrogen-bond acceptors (Lipinski definition) is 1. The number of hydrogen-bond donors (Lipinski definition) is 0. The quantitative estimate of drug-likeness (QED) is 0.412. The van der Waals surface area contributed by atoms with Gasteiger partial charge in [0.05, 0.1) is 0 Å². The van der Waals surface area contributed by atoms with Crippen LogP contribution in [0.4, 0.5) is 0 Å². The molecule has 2 rings (SSSR count). The number of fused-ring (bicyclic) bond motifs is 2. The van der Waals surface area contributed by atoms with Gasteiger partial charge in [0.1, 0.15) is 0 Å². The van der Waals surface area contributed by atoms with Crippen LogP contribution in [0.25, 0.3) is 0 Å². The van der Waals surface area contributed by atoms with Gasteiger partial charge in [-0.3, -0.25) is 0 Å². The summed E-state index contributed by atoms with van der Waals surface area (Å²) in [6, 6.07) is 0.637. The van der Waals surface area contributed by atoms with Gasteiger partial charge in [-0.05, 0) is 0 Å². The number of amides is 1. The molecule has 2 aliphatic rings. The second kappa shape index (κ2) is 3.52. The van der Waals surface area contributed by atoms with Crippen LogP contribution >= 0.6 is 0 Å². The third kappa shape index (κ3) is 1.47. The van der Waals surface area contributed by atoms with Gasteiger partial charge in [-0.25, -0.2) is 0 Å². The van der Waals surface area contributed by atoms with Crippen molar-refractivity contribution < 1.29 is 26.0 Å². The van der Waals surface area contributed by atoms with Gasteiger partial charge < -0.3 is 0 Å². The summed E-state index contributed by atoms with van der Waals surface area (Å²) in [4.78, 5) is 15.9. The SMILES string of the molecule is C[I-]CC(=O)N1CC2CCC1C2. The van der Waals surface area contributed by atoms with E-state index in [9.17, 15) is 4.79 Å². The van der Waals surface area contributed by atoms with Crippen LogP contribution in [0.15, 0.2) is 0 Å². The van der Waals surface area contributed by atoms with E-state index in [1.54, 1.807) is 0 Å². The van der Waals surface area contributed by atoms with Gasteiger partial charge in [0, 0.05) is 0 Å². The third-order valence-electron chi connectivity index (χ3n) is 2.98. The second-order valence-corrected chi connectivity index (χ2v) is 6.07. The molecule has 70 valence electrons. The molecule has 1 aliphatic carbocycles. The van der Waals surface area contributed by atoms with Crippen molar-refractivity contribution in [2.45, 2.75) is 25.3 Å². The molecular formula is C9H15INO-. The third-order valence-corrected chi connectivity index (χ3v) is 4.39. The Labute approximate surface area is 84.0 Å². The van der Waals surface area contributed by atoms with Gasteiger partial charge in [0.2, 0.25) is 0 Å². The molecule has 1 aliphatic heterocycles. The van der Waals surface area contributed by atoms with Crippen molar-refractivity contribution in [1.82, 2.24) is 4.90 Å². The molecule has 2 bridgehead atoms. The normalized spacial score (nSPS) is 33.2. The standard InChI is InChI=1S/C9H15INO/c1-10-5-9(12)11-6-7-2-3-8(11)4-7/h7-8H,2-6H2,1H3/q-1. The first-order valence-electron chi connectivity index (χ1n) is 4.54. The van der Waals surface area contributed by atoms with Crippen LogP contribution in [0.1, 0.15) is 19.3 Å². The summed E-state index contributed by atoms with van der Waals surface area (Å²) in [6.07, 6.45) is 3.95. The molecule has 1 saturated heterocycles. The van der Waals surface area contributed by atoms with Crippen molar-refractivity contribution in [3.63, 3.8) is 0 Å². The number of carbonyl (C=O) groups is 1. The molecule has 2 nitrogen and oxygen atoms in total. The summed E-state index contributed by atoms with van der Waals surface area (Å²) in [6.45, 7) is 1.08. The molecule has 2 atom stereocenters. The van der Waals surface area contributed by atoms with Crippen LogP contribution in [0.2, 0.25) is 0 Å². The molecule has 2 fully saturated rings. The Kier molecular flexibility index (Phi) is 2.57. The van der Waals surface area contributed by atoms with Crippen LogP contribution in [-0.2, 0) is 4.79 Å². The van der Waals surface area contributed by atoms with Crippen LogP contribution < -0.4 is 21.2 Å². The molecule has 12 heavy (non-hydrogen) atoms. The van der Waals surface area contributed by atoms with Crippen molar-refractivity contribution in [2.75, 3.05) is 15.9 Å². The first kappa shape index (κ1) is 8.78. The average molecular weight is 280 g/mol. The number of nitrogens with zero attached hydrogens (tertiary/aromatic N) is 1. The number of alkyl halides is 2. The zero-order chi connectivity index (χ0) is 8.55. The summed E-state index contributed by atoms with van der Waals surface area (Å²) >= 11 is 0.148. The number of likely N-dealkylation sites (tertiary alicyclic amines) is 1. The van der Waals surface area contributed by atoms with E-state index in [-0.39, 0.29) is 21.2 Å². The van der Waals surface area contributed by atoms with Crippen LogP contribution in [-0.4, -0.2) is 32.8 Å². The van der Waals surface area contributed by atoms with Crippen molar-refractivity contribution in [3.8, 4) is 0 Å². The molecule has 0 aromatic rings. The molecule has 0 N–H and O–H groups in total. The zero-order valence-electron chi connectivity index (χ0n) is 7.42. The zero-order valence-corrected chi connectivity index (χ0v) is 9.58. The van der Waals surface area contributed by atoms with E-state index in [2.05, 4.69) is 9.83 Å². The maximum atomic E-state index is 11.6. The van der Waals surface area contributed by atoms with Crippen molar-refractivity contribution >= 4 is 5.91 Å². The molecule has 0 aromatic heterocycles. The Bertz CT molecular complexity index is 195. The number of halogens is 1. The van der Waals surface area contributed by atoms with Crippen LogP contribution in [0.3, 0.4) is 0 Å². The fraction of sp³-hybridized carbons (Fsp3) is 0.889. The van der Waals surface area contributed by atoms with Gasteiger partial charge in [-0.15, -0.1) is 0 Å². The van der Waals surface area contributed by atoms with Crippen LogP contribution in [0.5, 0.6) is 0 Å². The van der Waals surface area contributed by atoms with Gasteiger partial charge >= 0.3 is 83.9 Å². The summed E-state index contributed by atoms with van der Waals surface area (Å²) in [5.74, 6) is 1.30. The summed E-state index contributed by atoms with van der Waals surface area (Å²) in [5.41, 5.74) is 0. The Hall–Kier alpha value is 0.200. The average Bonchev–Trinajstić information content (AvgIpc) is 2.64. The molecule has 0 aromatic carbocycles. The Morgan fingerprint density at radius 2 is 2.42 bits per heavy atom.